The summed E-state index contributed by atoms with van der Waals surface area (Å²) >= 11 is 0. The molecular weight excluding hydrogens is 152 g/mol. The Balaban J connectivity index is 2.35. The molecule has 2 heteroatoms. The first kappa shape index (κ1) is 9.56. The number of rotatable bonds is 1. The van der Waals surface area contributed by atoms with Crippen LogP contribution in [0.1, 0.15) is 46.5 Å². The van der Waals surface area contributed by atoms with E-state index in [1.54, 1.807) is 0 Å². The molecule has 0 aromatic carbocycles. The van der Waals surface area contributed by atoms with Gasteiger partial charge in [0.15, 0.2) is 0 Å². The monoisotopic (exact) mass is 170 g/mol. The van der Waals surface area contributed by atoms with Gasteiger partial charge in [-0.2, -0.15) is 0 Å². The highest BCUT2D eigenvalue weighted by Crippen LogP contribution is 2.24. The Hall–Kier alpha value is -0.530. The highest BCUT2D eigenvalue weighted by atomic mass is 16.5. The van der Waals surface area contributed by atoms with Crippen LogP contribution in [0.25, 0.3) is 0 Å². The van der Waals surface area contributed by atoms with Crippen molar-refractivity contribution < 1.29 is 9.53 Å². The number of ether oxygens (including phenoxy) is 1. The van der Waals surface area contributed by atoms with E-state index in [0.29, 0.717) is 0 Å². The van der Waals surface area contributed by atoms with Gasteiger partial charge in [-0.3, -0.25) is 4.79 Å². The zero-order valence-corrected chi connectivity index (χ0v) is 8.22. The van der Waals surface area contributed by atoms with Gasteiger partial charge in [0, 0.05) is 0 Å². The van der Waals surface area contributed by atoms with Crippen LogP contribution in [0.5, 0.6) is 0 Å². The topological polar surface area (TPSA) is 26.3 Å². The van der Waals surface area contributed by atoms with Crippen molar-refractivity contribution in [2.45, 2.75) is 52.6 Å². The van der Waals surface area contributed by atoms with Gasteiger partial charge >= 0.3 is 5.97 Å². The van der Waals surface area contributed by atoms with Crippen LogP contribution in [0.2, 0.25) is 0 Å². The van der Waals surface area contributed by atoms with Crippen LogP contribution in [0, 0.1) is 5.41 Å². The lowest BCUT2D eigenvalue weighted by Gasteiger charge is -2.20. The minimum atomic E-state index is -0.345. The summed E-state index contributed by atoms with van der Waals surface area (Å²) in [7, 11) is 0. The van der Waals surface area contributed by atoms with E-state index in [1.165, 1.54) is 12.8 Å². The molecule has 1 rings (SSSR count). The summed E-state index contributed by atoms with van der Waals surface area (Å²) in [5.41, 5.74) is -0.345. The maximum atomic E-state index is 11.4. The summed E-state index contributed by atoms with van der Waals surface area (Å²) in [6.45, 7) is 5.68. The lowest BCUT2D eigenvalue weighted by atomic mass is 9.97. The Morgan fingerprint density at radius 1 is 1.25 bits per heavy atom. The van der Waals surface area contributed by atoms with E-state index < -0.39 is 0 Å². The molecule has 1 aliphatic carbocycles. The van der Waals surface area contributed by atoms with Gasteiger partial charge in [0.05, 0.1) is 5.41 Å². The Labute approximate surface area is 74.3 Å². The minimum Gasteiger partial charge on any atom is -0.462 e. The zero-order valence-electron chi connectivity index (χ0n) is 8.22. The molecule has 0 N–H and O–H groups in total. The molecular formula is C10H18O2. The highest BCUT2D eigenvalue weighted by molar-refractivity contribution is 5.75. The number of hydrogen-bond acceptors (Lipinski definition) is 2. The quantitative estimate of drug-likeness (QED) is 0.565. The molecule has 0 heterocycles. The first-order valence-corrected chi connectivity index (χ1v) is 4.71. The molecule has 70 valence electrons. The van der Waals surface area contributed by atoms with Crippen LogP contribution >= 0.6 is 0 Å². The third-order valence-electron chi connectivity index (χ3n) is 2.19. The van der Waals surface area contributed by atoms with Crippen molar-refractivity contribution in [1.82, 2.24) is 0 Å². The lowest BCUT2D eigenvalue weighted by molar-refractivity contribution is -0.158. The second kappa shape index (κ2) is 3.46. The van der Waals surface area contributed by atoms with E-state index in [0.717, 1.165) is 12.8 Å². The molecule has 0 unspecified atom stereocenters. The molecule has 12 heavy (non-hydrogen) atoms. The van der Waals surface area contributed by atoms with Crippen molar-refractivity contribution >= 4 is 5.97 Å². The van der Waals surface area contributed by atoms with Crippen LogP contribution in [0.4, 0.5) is 0 Å². The van der Waals surface area contributed by atoms with Gasteiger partial charge in [-0.05, 0) is 46.5 Å². The molecule has 0 saturated heterocycles. The molecule has 0 atom stereocenters. The molecule has 2 nitrogen and oxygen atoms in total. The smallest absolute Gasteiger partial charge is 0.311 e. The summed E-state index contributed by atoms with van der Waals surface area (Å²) in [5, 5.41) is 0. The number of carbonyl (C=O) groups is 1. The van der Waals surface area contributed by atoms with Crippen molar-refractivity contribution in [2.75, 3.05) is 0 Å². The van der Waals surface area contributed by atoms with Gasteiger partial charge in [-0.25, -0.2) is 0 Å². The molecule has 0 spiro atoms. The molecule has 0 aromatic heterocycles. The predicted molar refractivity (Wildman–Crippen MR) is 47.8 cm³/mol. The Bertz CT molecular complexity index is 161. The van der Waals surface area contributed by atoms with E-state index in [-0.39, 0.29) is 17.5 Å². The molecule has 0 aromatic rings. The second-order valence-electron chi connectivity index (χ2n) is 4.56. The third kappa shape index (κ3) is 2.50. The number of esters is 1. The molecule has 0 amide bonds. The molecule has 0 radical (unpaired) electrons. The van der Waals surface area contributed by atoms with Crippen LogP contribution in [-0.2, 0) is 9.53 Å². The van der Waals surface area contributed by atoms with Gasteiger partial charge in [-0.15, -0.1) is 0 Å². The fourth-order valence-corrected chi connectivity index (χ4v) is 1.33. The Kier molecular flexibility index (Phi) is 2.76. The Morgan fingerprint density at radius 2 is 1.75 bits per heavy atom. The summed E-state index contributed by atoms with van der Waals surface area (Å²) in [6.07, 6.45) is 4.74. The Morgan fingerprint density at radius 3 is 2.17 bits per heavy atom. The SMILES string of the molecule is CC(C)(C)C(=O)OC1CCCC1. The average molecular weight is 170 g/mol. The predicted octanol–water partition coefficient (Wildman–Crippen LogP) is 2.52. The second-order valence-corrected chi connectivity index (χ2v) is 4.56. The van der Waals surface area contributed by atoms with E-state index in [2.05, 4.69) is 0 Å². The highest BCUT2D eigenvalue weighted by Gasteiger charge is 2.27. The van der Waals surface area contributed by atoms with Crippen molar-refractivity contribution in [1.29, 1.82) is 0 Å². The van der Waals surface area contributed by atoms with Crippen molar-refractivity contribution in [3.63, 3.8) is 0 Å². The average Bonchev–Trinajstić information content (AvgIpc) is 2.37. The van der Waals surface area contributed by atoms with Crippen LogP contribution in [0.3, 0.4) is 0 Å². The largest absolute Gasteiger partial charge is 0.462 e. The van der Waals surface area contributed by atoms with Gasteiger partial charge < -0.3 is 4.74 Å². The summed E-state index contributed by atoms with van der Waals surface area (Å²) < 4.78 is 5.34. The first-order valence-electron chi connectivity index (χ1n) is 4.71. The molecule has 1 aliphatic rings. The van der Waals surface area contributed by atoms with Crippen molar-refractivity contribution in [2.24, 2.45) is 5.41 Å². The maximum absolute atomic E-state index is 11.4. The van der Waals surface area contributed by atoms with Gasteiger partial charge in [0.25, 0.3) is 0 Å². The number of carbonyl (C=O) groups excluding carboxylic acids is 1. The summed E-state index contributed by atoms with van der Waals surface area (Å²) in [5.74, 6) is -0.0607. The van der Waals surface area contributed by atoms with Crippen LogP contribution in [-0.4, -0.2) is 12.1 Å². The molecule has 1 fully saturated rings. The zero-order chi connectivity index (χ0) is 9.19. The fourth-order valence-electron chi connectivity index (χ4n) is 1.33. The standard InChI is InChI=1S/C10H18O2/c1-10(2,3)9(11)12-8-6-4-5-7-8/h8H,4-7H2,1-3H3. The van der Waals surface area contributed by atoms with Crippen molar-refractivity contribution in [3.8, 4) is 0 Å². The minimum absolute atomic E-state index is 0.0607. The molecule has 0 aliphatic heterocycles. The molecule has 0 bridgehead atoms. The third-order valence-corrected chi connectivity index (χ3v) is 2.19. The van der Waals surface area contributed by atoms with E-state index in [9.17, 15) is 4.79 Å². The normalized spacial score (nSPS) is 19.6. The maximum Gasteiger partial charge on any atom is 0.311 e. The summed E-state index contributed by atoms with van der Waals surface area (Å²) in [4.78, 5) is 11.4. The first-order chi connectivity index (χ1) is 5.50. The molecule has 1 saturated carbocycles. The van der Waals surface area contributed by atoms with E-state index in [4.69, 9.17) is 4.74 Å². The van der Waals surface area contributed by atoms with E-state index in [1.807, 2.05) is 20.8 Å². The van der Waals surface area contributed by atoms with Gasteiger partial charge in [0.1, 0.15) is 6.10 Å². The van der Waals surface area contributed by atoms with Crippen LogP contribution in [0.15, 0.2) is 0 Å². The van der Waals surface area contributed by atoms with E-state index >= 15 is 0 Å². The van der Waals surface area contributed by atoms with Crippen molar-refractivity contribution in [3.05, 3.63) is 0 Å². The van der Waals surface area contributed by atoms with Gasteiger partial charge in [-0.1, -0.05) is 0 Å². The fraction of sp³-hybridized carbons (Fsp3) is 0.900. The van der Waals surface area contributed by atoms with Crippen LogP contribution < -0.4 is 0 Å². The summed E-state index contributed by atoms with van der Waals surface area (Å²) in [6, 6.07) is 0. The van der Waals surface area contributed by atoms with Gasteiger partial charge in [0.2, 0.25) is 0 Å². The lowest BCUT2D eigenvalue weighted by Crippen LogP contribution is -2.26. The number of hydrogen-bond donors (Lipinski definition) is 0.